The van der Waals surface area contributed by atoms with Crippen molar-refractivity contribution in [1.29, 1.82) is 0 Å². The second-order valence-corrected chi connectivity index (χ2v) is 5.05. The van der Waals surface area contributed by atoms with Gasteiger partial charge in [-0.3, -0.25) is 0 Å². The quantitative estimate of drug-likeness (QED) is 0.683. The lowest BCUT2D eigenvalue weighted by atomic mass is 10.2. The summed E-state index contributed by atoms with van der Waals surface area (Å²) in [5.74, 6) is -0.187. The lowest BCUT2D eigenvalue weighted by molar-refractivity contribution is 0.0595. The third kappa shape index (κ3) is 3.60. The van der Waals surface area contributed by atoms with Crippen LogP contribution >= 0.6 is 23.2 Å². The Hall–Kier alpha value is -1.91. The standard InChI is InChI=1S/C15H13Cl2NO3/c1-20-15(19)10-6-5-9(18)7-14(10)21-8-11-12(16)3-2-4-13(11)17/h2-7H,8,18H2,1H3. The van der Waals surface area contributed by atoms with Gasteiger partial charge in [0.05, 0.1) is 7.11 Å². The molecular formula is C15H13Cl2NO3. The number of anilines is 1. The summed E-state index contributed by atoms with van der Waals surface area (Å²) < 4.78 is 10.3. The number of hydrogen-bond acceptors (Lipinski definition) is 4. The summed E-state index contributed by atoms with van der Waals surface area (Å²) in [5.41, 5.74) is 7.11. The van der Waals surface area contributed by atoms with E-state index < -0.39 is 5.97 Å². The number of carbonyl (C=O) groups excluding carboxylic acids is 1. The Morgan fingerprint density at radius 1 is 1.19 bits per heavy atom. The van der Waals surface area contributed by atoms with Crippen LogP contribution in [0.1, 0.15) is 15.9 Å². The molecule has 0 atom stereocenters. The van der Waals surface area contributed by atoms with Crippen LogP contribution in [0.3, 0.4) is 0 Å². The van der Waals surface area contributed by atoms with Gasteiger partial charge in [-0.25, -0.2) is 4.79 Å². The number of ether oxygens (including phenoxy) is 2. The predicted molar refractivity (Wildman–Crippen MR) is 83.0 cm³/mol. The van der Waals surface area contributed by atoms with E-state index >= 15 is 0 Å². The zero-order valence-electron chi connectivity index (χ0n) is 11.2. The second-order valence-electron chi connectivity index (χ2n) is 4.24. The van der Waals surface area contributed by atoms with Crippen LogP contribution < -0.4 is 10.5 Å². The van der Waals surface area contributed by atoms with E-state index in [0.717, 1.165) is 0 Å². The van der Waals surface area contributed by atoms with E-state index in [4.69, 9.17) is 38.4 Å². The lowest BCUT2D eigenvalue weighted by Crippen LogP contribution is -2.07. The normalized spacial score (nSPS) is 10.2. The number of halogens is 2. The van der Waals surface area contributed by atoms with Crippen LogP contribution in [-0.4, -0.2) is 13.1 Å². The van der Waals surface area contributed by atoms with E-state index in [9.17, 15) is 4.79 Å². The molecule has 0 aliphatic carbocycles. The van der Waals surface area contributed by atoms with Gasteiger partial charge in [-0.1, -0.05) is 29.3 Å². The molecule has 2 rings (SSSR count). The van der Waals surface area contributed by atoms with Gasteiger partial charge in [0.2, 0.25) is 0 Å². The summed E-state index contributed by atoms with van der Waals surface area (Å²) in [7, 11) is 1.30. The first-order valence-electron chi connectivity index (χ1n) is 6.06. The third-order valence-corrected chi connectivity index (χ3v) is 3.55. The molecule has 0 unspecified atom stereocenters. The molecule has 6 heteroatoms. The monoisotopic (exact) mass is 325 g/mol. The molecule has 0 bridgehead atoms. The highest BCUT2D eigenvalue weighted by Crippen LogP contribution is 2.28. The number of hydrogen-bond donors (Lipinski definition) is 1. The molecule has 0 saturated carbocycles. The molecule has 110 valence electrons. The highest BCUT2D eigenvalue weighted by atomic mass is 35.5. The third-order valence-electron chi connectivity index (χ3n) is 2.84. The molecule has 0 heterocycles. The summed E-state index contributed by atoms with van der Waals surface area (Å²) in [6.07, 6.45) is 0. The maximum absolute atomic E-state index is 11.7. The number of methoxy groups -OCH3 is 1. The van der Waals surface area contributed by atoms with Crippen molar-refractivity contribution in [2.75, 3.05) is 12.8 Å². The van der Waals surface area contributed by atoms with Crippen molar-refractivity contribution in [1.82, 2.24) is 0 Å². The topological polar surface area (TPSA) is 61.5 Å². The first kappa shape index (κ1) is 15.5. The largest absolute Gasteiger partial charge is 0.488 e. The van der Waals surface area contributed by atoms with Crippen molar-refractivity contribution in [2.24, 2.45) is 0 Å². The van der Waals surface area contributed by atoms with Crippen molar-refractivity contribution >= 4 is 34.9 Å². The average Bonchev–Trinajstić information content (AvgIpc) is 2.46. The Bertz CT molecular complexity index is 654. The first-order chi connectivity index (χ1) is 10.0. The van der Waals surface area contributed by atoms with Crippen molar-refractivity contribution in [3.05, 3.63) is 57.6 Å². The Balaban J connectivity index is 2.27. The molecule has 2 aromatic rings. The van der Waals surface area contributed by atoms with Gasteiger partial charge in [0.1, 0.15) is 17.9 Å². The molecule has 0 saturated heterocycles. The minimum Gasteiger partial charge on any atom is -0.488 e. The summed E-state index contributed by atoms with van der Waals surface area (Å²) in [5, 5.41) is 0.983. The van der Waals surface area contributed by atoms with Crippen molar-refractivity contribution in [3.63, 3.8) is 0 Å². The average molecular weight is 326 g/mol. The van der Waals surface area contributed by atoms with Crippen molar-refractivity contribution in [2.45, 2.75) is 6.61 Å². The molecule has 21 heavy (non-hydrogen) atoms. The molecule has 4 nitrogen and oxygen atoms in total. The van der Waals surface area contributed by atoms with Gasteiger partial charge in [0.25, 0.3) is 0 Å². The molecule has 0 fully saturated rings. The van der Waals surface area contributed by atoms with Gasteiger partial charge >= 0.3 is 5.97 Å². The summed E-state index contributed by atoms with van der Waals surface area (Å²) in [6.45, 7) is 0.117. The summed E-state index contributed by atoms with van der Waals surface area (Å²) >= 11 is 12.2. The molecule has 0 aromatic heterocycles. The van der Waals surface area contributed by atoms with Crippen LogP contribution in [0.15, 0.2) is 36.4 Å². The zero-order valence-corrected chi connectivity index (χ0v) is 12.7. The minimum atomic E-state index is -0.504. The van der Waals surface area contributed by atoms with Crippen LogP contribution in [0.25, 0.3) is 0 Å². The molecule has 0 aliphatic rings. The molecule has 2 N–H and O–H groups in total. The minimum absolute atomic E-state index is 0.117. The molecule has 0 spiro atoms. The maximum atomic E-state index is 11.7. The summed E-state index contributed by atoms with van der Waals surface area (Å²) in [6, 6.07) is 9.87. The Labute approximate surface area is 132 Å². The van der Waals surface area contributed by atoms with Gasteiger partial charge in [-0.05, 0) is 24.3 Å². The number of benzene rings is 2. The van der Waals surface area contributed by atoms with Gasteiger partial charge < -0.3 is 15.2 Å². The van der Waals surface area contributed by atoms with E-state index in [0.29, 0.717) is 27.0 Å². The van der Waals surface area contributed by atoms with Gasteiger partial charge in [0, 0.05) is 27.4 Å². The van der Waals surface area contributed by atoms with E-state index in [1.54, 1.807) is 36.4 Å². The number of nitrogens with two attached hydrogens (primary N) is 1. The fourth-order valence-electron chi connectivity index (χ4n) is 1.76. The fraction of sp³-hybridized carbons (Fsp3) is 0.133. The van der Waals surface area contributed by atoms with Crippen LogP contribution in [-0.2, 0) is 11.3 Å². The molecule has 0 radical (unpaired) electrons. The van der Waals surface area contributed by atoms with Gasteiger partial charge in [-0.2, -0.15) is 0 Å². The van der Waals surface area contributed by atoms with E-state index in [1.165, 1.54) is 7.11 Å². The first-order valence-corrected chi connectivity index (χ1v) is 6.82. The Kier molecular flexibility index (Phi) is 4.94. The number of rotatable bonds is 4. The van der Waals surface area contributed by atoms with E-state index in [1.807, 2.05) is 0 Å². The zero-order chi connectivity index (χ0) is 15.4. The highest BCUT2D eigenvalue weighted by Gasteiger charge is 2.14. The van der Waals surface area contributed by atoms with Crippen LogP contribution in [0.2, 0.25) is 10.0 Å². The molecular weight excluding hydrogens is 313 g/mol. The van der Waals surface area contributed by atoms with E-state index in [2.05, 4.69) is 0 Å². The van der Waals surface area contributed by atoms with Crippen LogP contribution in [0.4, 0.5) is 5.69 Å². The second kappa shape index (κ2) is 6.70. The number of carbonyl (C=O) groups is 1. The Morgan fingerprint density at radius 3 is 2.48 bits per heavy atom. The predicted octanol–water partition coefficient (Wildman–Crippen LogP) is 3.94. The SMILES string of the molecule is COC(=O)c1ccc(N)cc1OCc1c(Cl)cccc1Cl. The van der Waals surface area contributed by atoms with Crippen molar-refractivity contribution < 1.29 is 14.3 Å². The molecule has 0 amide bonds. The van der Waals surface area contributed by atoms with E-state index in [-0.39, 0.29) is 12.2 Å². The number of nitrogen functional groups attached to an aromatic ring is 1. The van der Waals surface area contributed by atoms with Crippen LogP contribution in [0.5, 0.6) is 5.75 Å². The molecule has 2 aromatic carbocycles. The molecule has 0 aliphatic heterocycles. The Morgan fingerprint density at radius 2 is 1.86 bits per heavy atom. The smallest absolute Gasteiger partial charge is 0.341 e. The lowest BCUT2D eigenvalue weighted by Gasteiger charge is -2.12. The van der Waals surface area contributed by atoms with Gasteiger partial charge in [-0.15, -0.1) is 0 Å². The summed E-state index contributed by atoms with van der Waals surface area (Å²) in [4.78, 5) is 11.7. The highest BCUT2D eigenvalue weighted by molar-refractivity contribution is 6.35. The number of esters is 1. The fourth-order valence-corrected chi connectivity index (χ4v) is 2.26. The van der Waals surface area contributed by atoms with Gasteiger partial charge in [0.15, 0.2) is 0 Å². The maximum Gasteiger partial charge on any atom is 0.341 e. The van der Waals surface area contributed by atoms with Crippen LogP contribution in [0, 0.1) is 0 Å². The van der Waals surface area contributed by atoms with Crippen molar-refractivity contribution in [3.8, 4) is 5.75 Å².